The fourth-order valence-electron chi connectivity index (χ4n) is 1.59. The molecule has 0 spiro atoms. The van der Waals surface area contributed by atoms with E-state index in [0.717, 1.165) is 19.1 Å². The molecule has 3 atom stereocenters. The minimum absolute atomic E-state index is 0.0824. The van der Waals surface area contributed by atoms with Gasteiger partial charge in [-0.15, -0.1) is 0 Å². The summed E-state index contributed by atoms with van der Waals surface area (Å²) in [4.78, 5) is 21.7. The molecule has 0 saturated heterocycles. The van der Waals surface area contributed by atoms with E-state index in [4.69, 9.17) is 0 Å². The Morgan fingerprint density at radius 3 is 2.55 bits per heavy atom. The van der Waals surface area contributed by atoms with E-state index in [1.165, 1.54) is 0 Å². The van der Waals surface area contributed by atoms with Crippen molar-refractivity contribution in [2.75, 3.05) is 0 Å². The van der Waals surface area contributed by atoms with Gasteiger partial charge in [-0.3, -0.25) is 4.79 Å². The number of Topliss-reactive ketones (excluding diaryl/α,β-unsaturated/α-hetero) is 1. The molecule has 0 heterocycles. The number of hydrogen-bond acceptors (Lipinski definition) is 2. The van der Waals surface area contributed by atoms with Crippen molar-refractivity contribution in [3.05, 3.63) is 0 Å². The number of aldehydes is 1. The predicted molar refractivity (Wildman–Crippen MR) is 42.1 cm³/mol. The molecule has 1 fully saturated rings. The molecule has 0 N–H and O–H groups in total. The summed E-state index contributed by atoms with van der Waals surface area (Å²) < 4.78 is 0. The van der Waals surface area contributed by atoms with Crippen LogP contribution in [0.5, 0.6) is 0 Å². The fourth-order valence-corrected chi connectivity index (χ4v) is 1.59. The first-order chi connectivity index (χ1) is 5.16. The Labute approximate surface area is 67.0 Å². The summed E-state index contributed by atoms with van der Waals surface area (Å²) >= 11 is 0. The van der Waals surface area contributed by atoms with E-state index in [1.54, 1.807) is 0 Å². The molecule has 0 bridgehead atoms. The van der Waals surface area contributed by atoms with E-state index in [0.29, 0.717) is 5.92 Å². The van der Waals surface area contributed by atoms with Crippen LogP contribution >= 0.6 is 0 Å². The predicted octanol–water partition coefficient (Wildman–Crippen LogP) is 1.44. The molecule has 0 aromatic rings. The van der Waals surface area contributed by atoms with Crippen LogP contribution in [-0.4, -0.2) is 12.1 Å². The third-order valence-corrected chi connectivity index (χ3v) is 2.77. The molecule has 0 aromatic carbocycles. The highest BCUT2D eigenvalue weighted by molar-refractivity contribution is 5.95. The van der Waals surface area contributed by atoms with Crippen molar-refractivity contribution >= 4 is 12.1 Å². The standard InChI is InChI=1S/C9H14O2/c1-6-3-4-8(5-10)9(11)7(6)2/h5-8H,3-4H2,1-2H3. The molecule has 0 aliphatic heterocycles. The third-order valence-electron chi connectivity index (χ3n) is 2.77. The Hall–Kier alpha value is -0.660. The topological polar surface area (TPSA) is 34.1 Å². The minimum atomic E-state index is -0.304. The molecule has 3 unspecified atom stereocenters. The highest BCUT2D eigenvalue weighted by Gasteiger charge is 2.32. The van der Waals surface area contributed by atoms with Gasteiger partial charge in [0.1, 0.15) is 12.1 Å². The van der Waals surface area contributed by atoms with Gasteiger partial charge >= 0.3 is 0 Å². The molecular weight excluding hydrogens is 140 g/mol. The molecule has 0 aromatic heterocycles. The first-order valence-electron chi connectivity index (χ1n) is 4.16. The fraction of sp³-hybridized carbons (Fsp3) is 0.778. The van der Waals surface area contributed by atoms with Gasteiger partial charge in [-0.05, 0) is 18.8 Å². The van der Waals surface area contributed by atoms with Gasteiger partial charge in [0, 0.05) is 5.92 Å². The summed E-state index contributed by atoms with van der Waals surface area (Å²) in [5.41, 5.74) is 0. The second-order valence-corrected chi connectivity index (χ2v) is 3.49. The molecule has 2 nitrogen and oxygen atoms in total. The van der Waals surface area contributed by atoms with E-state index >= 15 is 0 Å². The average Bonchev–Trinajstić information content (AvgIpc) is 2.01. The lowest BCUT2D eigenvalue weighted by Crippen LogP contribution is -2.32. The van der Waals surface area contributed by atoms with Crippen LogP contribution in [0, 0.1) is 17.8 Å². The molecule has 1 aliphatic carbocycles. The van der Waals surface area contributed by atoms with Crippen molar-refractivity contribution in [2.45, 2.75) is 26.7 Å². The van der Waals surface area contributed by atoms with Crippen LogP contribution in [0.1, 0.15) is 26.7 Å². The maximum absolute atomic E-state index is 11.3. The molecule has 2 heteroatoms. The molecule has 1 rings (SSSR count). The van der Waals surface area contributed by atoms with Crippen LogP contribution in [0.25, 0.3) is 0 Å². The second-order valence-electron chi connectivity index (χ2n) is 3.49. The molecule has 11 heavy (non-hydrogen) atoms. The SMILES string of the molecule is CC1CCC(C=O)C(=O)C1C. The molecule has 0 radical (unpaired) electrons. The first kappa shape index (κ1) is 8.44. The van der Waals surface area contributed by atoms with E-state index in [9.17, 15) is 9.59 Å². The number of rotatable bonds is 1. The lowest BCUT2D eigenvalue weighted by atomic mass is 9.75. The van der Waals surface area contributed by atoms with E-state index in [1.807, 2.05) is 6.92 Å². The van der Waals surface area contributed by atoms with Gasteiger partial charge in [-0.1, -0.05) is 13.8 Å². The highest BCUT2D eigenvalue weighted by atomic mass is 16.1. The summed E-state index contributed by atoms with van der Waals surface area (Å²) in [7, 11) is 0. The molecule has 0 amide bonds. The van der Waals surface area contributed by atoms with E-state index < -0.39 is 0 Å². The van der Waals surface area contributed by atoms with Crippen molar-refractivity contribution in [1.29, 1.82) is 0 Å². The monoisotopic (exact) mass is 154 g/mol. The van der Waals surface area contributed by atoms with Crippen LogP contribution in [0.4, 0.5) is 0 Å². The van der Waals surface area contributed by atoms with Gasteiger partial charge in [-0.25, -0.2) is 0 Å². The largest absolute Gasteiger partial charge is 0.303 e. The molecular formula is C9H14O2. The average molecular weight is 154 g/mol. The quantitative estimate of drug-likeness (QED) is 0.423. The summed E-state index contributed by atoms with van der Waals surface area (Å²) in [6.07, 6.45) is 2.56. The highest BCUT2D eigenvalue weighted by Crippen LogP contribution is 2.29. The minimum Gasteiger partial charge on any atom is -0.303 e. The molecule has 1 aliphatic rings. The van der Waals surface area contributed by atoms with Crippen molar-refractivity contribution in [3.63, 3.8) is 0 Å². The number of carbonyl (C=O) groups excluding carboxylic acids is 2. The summed E-state index contributed by atoms with van der Waals surface area (Å²) in [5, 5.41) is 0. The summed E-state index contributed by atoms with van der Waals surface area (Å²) in [5.74, 6) is 0.373. The van der Waals surface area contributed by atoms with Gasteiger partial charge in [-0.2, -0.15) is 0 Å². The van der Waals surface area contributed by atoms with Crippen LogP contribution in [0.3, 0.4) is 0 Å². The zero-order valence-corrected chi connectivity index (χ0v) is 7.04. The number of carbonyl (C=O) groups is 2. The van der Waals surface area contributed by atoms with Crippen LogP contribution in [-0.2, 0) is 9.59 Å². The summed E-state index contributed by atoms with van der Waals surface area (Å²) in [6, 6.07) is 0. The number of hydrogen-bond donors (Lipinski definition) is 0. The molecule has 1 saturated carbocycles. The van der Waals surface area contributed by atoms with Crippen molar-refractivity contribution < 1.29 is 9.59 Å². The third kappa shape index (κ3) is 1.50. The van der Waals surface area contributed by atoms with Gasteiger partial charge in [0.15, 0.2) is 0 Å². The van der Waals surface area contributed by atoms with Gasteiger partial charge < -0.3 is 4.79 Å². The van der Waals surface area contributed by atoms with Crippen molar-refractivity contribution in [1.82, 2.24) is 0 Å². The zero-order chi connectivity index (χ0) is 8.43. The summed E-state index contributed by atoms with van der Waals surface area (Å²) in [6.45, 7) is 3.99. The van der Waals surface area contributed by atoms with Crippen molar-refractivity contribution in [2.24, 2.45) is 17.8 Å². The lowest BCUT2D eigenvalue weighted by Gasteiger charge is -2.27. The van der Waals surface area contributed by atoms with Crippen LogP contribution in [0.15, 0.2) is 0 Å². The first-order valence-corrected chi connectivity index (χ1v) is 4.16. The van der Waals surface area contributed by atoms with Crippen LogP contribution in [0.2, 0.25) is 0 Å². The normalized spacial score (nSPS) is 38.7. The Morgan fingerprint density at radius 2 is 2.00 bits per heavy atom. The van der Waals surface area contributed by atoms with Gasteiger partial charge in [0.05, 0.1) is 5.92 Å². The second kappa shape index (κ2) is 3.16. The van der Waals surface area contributed by atoms with Crippen LogP contribution < -0.4 is 0 Å². The number of ketones is 1. The van der Waals surface area contributed by atoms with E-state index in [2.05, 4.69) is 6.92 Å². The lowest BCUT2D eigenvalue weighted by molar-refractivity contribution is -0.134. The zero-order valence-electron chi connectivity index (χ0n) is 7.04. The maximum Gasteiger partial charge on any atom is 0.146 e. The van der Waals surface area contributed by atoms with Crippen molar-refractivity contribution in [3.8, 4) is 0 Å². The Morgan fingerprint density at radius 1 is 1.36 bits per heavy atom. The Kier molecular flexibility index (Phi) is 2.42. The Bertz CT molecular complexity index is 174. The van der Waals surface area contributed by atoms with Gasteiger partial charge in [0.2, 0.25) is 0 Å². The molecule has 62 valence electrons. The van der Waals surface area contributed by atoms with E-state index in [-0.39, 0.29) is 17.6 Å². The maximum atomic E-state index is 11.3. The Balaban J connectivity index is 2.66. The van der Waals surface area contributed by atoms with Gasteiger partial charge in [0.25, 0.3) is 0 Å². The smallest absolute Gasteiger partial charge is 0.146 e.